The molecule has 2 amide bonds. The summed E-state index contributed by atoms with van der Waals surface area (Å²) in [4.78, 5) is 50.8. The van der Waals surface area contributed by atoms with E-state index in [0.717, 1.165) is 18.2 Å². The van der Waals surface area contributed by atoms with Crippen molar-refractivity contribution in [2.75, 3.05) is 13.2 Å². The smallest absolute Gasteiger partial charge is 0.471 e. The number of esters is 1. The molecule has 16 heteroatoms. The molecule has 0 radical (unpaired) electrons. The zero-order valence-electron chi connectivity index (χ0n) is 29.5. The molecule has 282 valence electrons. The number of benzene rings is 1. The third kappa shape index (κ3) is 9.09. The van der Waals surface area contributed by atoms with Crippen LogP contribution < -0.4 is 14.8 Å². The Hall–Kier alpha value is -3.98. The van der Waals surface area contributed by atoms with Crippen molar-refractivity contribution in [3.63, 3.8) is 0 Å². The molecule has 2 fully saturated rings. The van der Waals surface area contributed by atoms with E-state index in [1.165, 1.54) is 4.90 Å². The van der Waals surface area contributed by atoms with E-state index >= 15 is 8.78 Å². The number of nitrogens with one attached hydrogen (secondary N) is 1. The van der Waals surface area contributed by atoms with Crippen LogP contribution in [0.4, 0.5) is 26.7 Å². The maximum absolute atomic E-state index is 16.1. The zero-order chi connectivity index (χ0) is 37.5. The Bertz CT molecular complexity index is 1620. The van der Waals surface area contributed by atoms with E-state index in [9.17, 15) is 27.6 Å². The number of halogens is 5. The number of alkyl halides is 5. The molecule has 51 heavy (non-hydrogen) atoms. The van der Waals surface area contributed by atoms with Gasteiger partial charge in [0.25, 0.3) is 5.92 Å². The summed E-state index contributed by atoms with van der Waals surface area (Å²) in [6.07, 6.45) is -6.19. The number of nitrogens with zero attached hydrogens (tertiary/aromatic N) is 3. The van der Waals surface area contributed by atoms with Crippen LogP contribution in [0, 0.1) is 23.2 Å². The Morgan fingerprint density at radius 3 is 2.45 bits per heavy atom. The van der Waals surface area contributed by atoms with Gasteiger partial charge >= 0.3 is 18.4 Å². The number of ether oxygens (including phenoxy) is 4. The minimum absolute atomic E-state index is 0.0238. The number of hydrogen-bond acceptors (Lipinski definition) is 9. The summed E-state index contributed by atoms with van der Waals surface area (Å²) in [6.45, 7) is 10.4. The van der Waals surface area contributed by atoms with E-state index in [2.05, 4.69) is 20.0 Å². The molecule has 1 aromatic heterocycles. The molecule has 1 saturated heterocycles. The Morgan fingerprint density at radius 2 is 1.80 bits per heavy atom. The molecule has 6 unspecified atom stereocenters. The van der Waals surface area contributed by atoms with Gasteiger partial charge in [-0.1, -0.05) is 48.0 Å². The quantitative estimate of drug-likeness (QED) is 0.258. The van der Waals surface area contributed by atoms with E-state index in [1.807, 2.05) is 13.8 Å². The Kier molecular flexibility index (Phi) is 10.9. The van der Waals surface area contributed by atoms with Gasteiger partial charge in [0.15, 0.2) is 5.69 Å². The van der Waals surface area contributed by atoms with Crippen LogP contribution in [0.3, 0.4) is 0 Å². The van der Waals surface area contributed by atoms with Gasteiger partial charge in [-0.3, -0.25) is 4.79 Å². The van der Waals surface area contributed by atoms with Crippen LogP contribution in [0.2, 0.25) is 0 Å². The number of rotatable bonds is 5. The summed E-state index contributed by atoms with van der Waals surface area (Å²) in [6, 6.07) is 0.585. The van der Waals surface area contributed by atoms with Crippen LogP contribution in [0.1, 0.15) is 85.8 Å². The number of amides is 2. The van der Waals surface area contributed by atoms with Crippen LogP contribution in [-0.2, 0) is 25.0 Å². The van der Waals surface area contributed by atoms with Gasteiger partial charge in [-0.2, -0.15) is 8.78 Å². The van der Waals surface area contributed by atoms with Gasteiger partial charge in [-0.15, -0.1) is 13.2 Å². The highest BCUT2D eigenvalue weighted by Crippen LogP contribution is 2.43. The molecule has 0 spiro atoms. The van der Waals surface area contributed by atoms with Crippen molar-refractivity contribution >= 4 is 29.0 Å². The van der Waals surface area contributed by atoms with Crippen molar-refractivity contribution in [2.24, 2.45) is 23.2 Å². The largest absolute Gasteiger partial charge is 0.573 e. The van der Waals surface area contributed by atoms with Crippen LogP contribution in [0.15, 0.2) is 18.2 Å². The second kappa shape index (κ2) is 14.6. The van der Waals surface area contributed by atoms with Gasteiger partial charge < -0.3 is 29.2 Å². The summed E-state index contributed by atoms with van der Waals surface area (Å²) >= 11 is 0. The van der Waals surface area contributed by atoms with Crippen molar-refractivity contribution in [1.82, 2.24) is 20.2 Å². The van der Waals surface area contributed by atoms with Crippen molar-refractivity contribution in [1.29, 1.82) is 0 Å². The Labute approximate surface area is 292 Å². The number of aromatic nitrogens is 2. The summed E-state index contributed by atoms with van der Waals surface area (Å²) < 4.78 is 92.6. The van der Waals surface area contributed by atoms with Crippen molar-refractivity contribution in [3.8, 4) is 11.6 Å². The fraction of sp³-hybridized carbons (Fsp3) is 0.686. The normalized spacial score (nSPS) is 27.3. The topological polar surface area (TPSA) is 129 Å². The highest BCUT2D eigenvalue weighted by Gasteiger charge is 2.53. The first kappa shape index (κ1) is 38.3. The molecule has 2 bridgehead atoms. The summed E-state index contributed by atoms with van der Waals surface area (Å²) in [5.41, 5.74) is -1.98. The van der Waals surface area contributed by atoms with E-state index in [1.54, 1.807) is 27.7 Å². The molecule has 11 nitrogen and oxygen atoms in total. The third-order valence-electron chi connectivity index (χ3n) is 9.40. The second-order valence-corrected chi connectivity index (χ2v) is 15.1. The van der Waals surface area contributed by atoms with Gasteiger partial charge in [0.2, 0.25) is 11.8 Å². The molecule has 1 N–H and O–H groups in total. The second-order valence-electron chi connectivity index (χ2n) is 15.1. The predicted molar refractivity (Wildman–Crippen MR) is 173 cm³/mol. The number of fused-ring (bicyclic) bond motifs is 5. The number of alkyl carbamates (subject to hydrolysis) is 1. The molecular formula is C35H45F5N4O7. The molecular weight excluding hydrogens is 683 g/mol. The summed E-state index contributed by atoms with van der Waals surface area (Å²) in [5.74, 6) is -7.08. The van der Waals surface area contributed by atoms with Gasteiger partial charge in [0.05, 0.1) is 24.2 Å². The van der Waals surface area contributed by atoms with Crippen molar-refractivity contribution in [2.45, 2.75) is 117 Å². The molecule has 5 rings (SSSR count). The number of hydrogen-bond donors (Lipinski definition) is 1. The molecule has 3 heterocycles. The monoisotopic (exact) mass is 728 g/mol. The van der Waals surface area contributed by atoms with Gasteiger partial charge in [-0.05, 0) is 55.1 Å². The maximum atomic E-state index is 16.1. The molecule has 3 aliphatic rings. The lowest BCUT2D eigenvalue weighted by molar-refractivity contribution is -0.274. The van der Waals surface area contributed by atoms with Gasteiger partial charge in [0, 0.05) is 18.4 Å². The first-order chi connectivity index (χ1) is 23.8. The van der Waals surface area contributed by atoms with Crippen molar-refractivity contribution in [3.05, 3.63) is 23.9 Å². The minimum Gasteiger partial charge on any atom is -0.471 e. The first-order valence-electron chi connectivity index (χ1n) is 17.3. The van der Waals surface area contributed by atoms with E-state index in [4.69, 9.17) is 14.2 Å². The minimum atomic E-state index is -5.02. The van der Waals surface area contributed by atoms with Gasteiger partial charge in [-0.25, -0.2) is 19.6 Å². The lowest BCUT2D eigenvalue weighted by atomic mass is 9.85. The SMILES string of the molecule is CCC1C2CN(C(=O)C(C(C)(C)C)NC(=O)OC3CC3CCCCC(F)(F)c3nc4ccc(OC(F)(F)F)cc4nc3O2)C1C(=O)OCC(C)C. The standard InChI is InChI=1S/C35H45F5N4O7/c1-7-21-25-16-44(26(21)31(46)48-17-18(2)3)30(45)28(33(4,5)6)43-32(47)50-24-14-19(24)10-8-9-13-34(36,37)27-29(49-25)42-23-15-20(51-35(38,39)40)11-12-22(23)41-27/h11-12,15,18-19,21,24-26,28H,7-10,13-14,16-17H2,1-6H3,(H,43,47). The highest BCUT2D eigenvalue weighted by molar-refractivity contribution is 5.91. The Morgan fingerprint density at radius 1 is 1.08 bits per heavy atom. The predicted octanol–water partition coefficient (Wildman–Crippen LogP) is 6.91. The van der Waals surface area contributed by atoms with Crippen LogP contribution in [0.25, 0.3) is 11.0 Å². The summed E-state index contributed by atoms with van der Waals surface area (Å²) in [5, 5.41) is 2.70. The van der Waals surface area contributed by atoms with E-state index in [0.29, 0.717) is 19.3 Å². The van der Waals surface area contributed by atoms with E-state index < -0.39 is 89.6 Å². The molecule has 1 saturated carbocycles. The molecule has 1 aromatic carbocycles. The molecule has 1 aliphatic carbocycles. The first-order valence-corrected chi connectivity index (χ1v) is 17.3. The molecule has 2 aliphatic heterocycles. The van der Waals surface area contributed by atoms with Crippen LogP contribution in [-0.4, -0.2) is 76.6 Å². The van der Waals surface area contributed by atoms with Crippen LogP contribution in [0.5, 0.6) is 11.6 Å². The third-order valence-corrected chi connectivity index (χ3v) is 9.40. The number of carbonyl (C=O) groups excluding carboxylic acids is 3. The molecule has 2 aromatic rings. The maximum Gasteiger partial charge on any atom is 0.573 e. The van der Waals surface area contributed by atoms with E-state index in [-0.39, 0.29) is 48.9 Å². The lowest BCUT2D eigenvalue weighted by Crippen LogP contribution is -2.57. The Balaban J connectivity index is 1.61. The van der Waals surface area contributed by atoms with Gasteiger partial charge in [0.1, 0.15) is 30.0 Å². The fourth-order valence-corrected chi connectivity index (χ4v) is 6.67. The summed E-state index contributed by atoms with van der Waals surface area (Å²) in [7, 11) is 0. The van der Waals surface area contributed by atoms with Crippen molar-refractivity contribution < 1.29 is 55.3 Å². The fourth-order valence-electron chi connectivity index (χ4n) is 6.67. The molecule has 6 atom stereocenters. The average molecular weight is 729 g/mol. The average Bonchev–Trinajstić information content (AvgIpc) is 3.65. The zero-order valence-corrected chi connectivity index (χ0v) is 29.5. The number of carbonyl (C=O) groups is 3. The highest BCUT2D eigenvalue weighted by atomic mass is 19.4. The lowest BCUT2D eigenvalue weighted by Gasteiger charge is -2.35. The van der Waals surface area contributed by atoms with Crippen LogP contribution >= 0.6 is 0 Å².